The lowest BCUT2D eigenvalue weighted by atomic mass is 10.1. The average Bonchev–Trinajstić information content (AvgIpc) is 2.37. The number of hydrogen-bond donors (Lipinski definition) is 2. The fourth-order valence-electron chi connectivity index (χ4n) is 1.56. The van der Waals surface area contributed by atoms with E-state index in [0.29, 0.717) is 0 Å². The second kappa shape index (κ2) is 6.97. The van der Waals surface area contributed by atoms with Gasteiger partial charge in [0, 0.05) is 0 Å². The van der Waals surface area contributed by atoms with Crippen LogP contribution in [0, 0.1) is 20.2 Å². The number of nitrogens with two attached hydrogens (primary N) is 2. The van der Waals surface area contributed by atoms with Crippen molar-refractivity contribution in [2.45, 2.75) is 20.0 Å². The molecule has 0 atom stereocenters. The fraction of sp³-hybridized carbons (Fsp3) is 0.273. The van der Waals surface area contributed by atoms with Crippen LogP contribution in [-0.2, 0) is 0 Å². The Morgan fingerprint density at radius 2 is 1.82 bits per heavy atom. The highest BCUT2D eigenvalue weighted by Crippen LogP contribution is 2.39. The van der Waals surface area contributed by atoms with Gasteiger partial charge in [0.2, 0.25) is 11.7 Å². The number of nitrogens with zero attached hydrogens (tertiary/aromatic N) is 4. The van der Waals surface area contributed by atoms with E-state index in [9.17, 15) is 20.2 Å². The maximum atomic E-state index is 11.2. The van der Waals surface area contributed by atoms with Gasteiger partial charge in [0.15, 0.2) is 0 Å². The molecule has 0 aliphatic heterocycles. The van der Waals surface area contributed by atoms with Crippen molar-refractivity contribution in [3.05, 3.63) is 37.9 Å². The van der Waals surface area contributed by atoms with Crippen LogP contribution in [0.3, 0.4) is 0 Å². The maximum absolute atomic E-state index is 11.2. The molecule has 0 radical (unpaired) electrons. The highest BCUT2D eigenvalue weighted by Gasteiger charge is 2.33. The number of rotatable bonds is 6. The first kappa shape index (κ1) is 16.8. The van der Waals surface area contributed by atoms with Crippen molar-refractivity contribution in [2.75, 3.05) is 0 Å². The average molecular weight is 310 g/mol. The Kier molecular flexibility index (Phi) is 5.32. The van der Waals surface area contributed by atoms with E-state index in [4.69, 9.17) is 16.2 Å². The quantitative estimate of drug-likeness (QED) is 0.339. The Balaban J connectivity index is 3.51. The van der Waals surface area contributed by atoms with Gasteiger partial charge in [-0.3, -0.25) is 20.2 Å². The lowest BCUT2D eigenvalue weighted by molar-refractivity contribution is -0.423. The van der Waals surface area contributed by atoms with Gasteiger partial charge in [0.1, 0.15) is 0 Å². The van der Waals surface area contributed by atoms with Gasteiger partial charge in [-0.2, -0.15) is 5.10 Å². The van der Waals surface area contributed by atoms with Gasteiger partial charge in [0.25, 0.3) is 0 Å². The van der Waals surface area contributed by atoms with Crippen molar-refractivity contribution < 1.29 is 14.6 Å². The molecule has 0 aromatic heterocycles. The number of hydrogen-bond acceptors (Lipinski definition) is 7. The number of nitro groups is 2. The topological polar surface area (TPSA) is 172 Å². The smallest absolute Gasteiger partial charge is 0.388 e. The van der Waals surface area contributed by atoms with Crippen LogP contribution < -0.4 is 16.2 Å². The summed E-state index contributed by atoms with van der Waals surface area (Å²) in [5.74, 6) is -0.557. The van der Waals surface area contributed by atoms with Crippen LogP contribution >= 0.6 is 0 Å². The summed E-state index contributed by atoms with van der Waals surface area (Å²) in [4.78, 5) is 20.6. The van der Waals surface area contributed by atoms with Gasteiger partial charge in [-0.1, -0.05) is 0 Å². The van der Waals surface area contributed by atoms with Gasteiger partial charge in [-0.05, 0) is 26.0 Å². The molecule has 0 aliphatic rings. The normalized spacial score (nSPS) is 10.7. The molecule has 22 heavy (non-hydrogen) atoms. The van der Waals surface area contributed by atoms with E-state index in [1.807, 2.05) is 0 Å². The number of benzene rings is 1. The molecule has 4 N–H and O–H groups in total. The molecule has 0 bridgehead atoms. The molecule has 0 saturated heterocycles. The zero-order chi connectivity index (χ0) is 16.9. The highest BCUT2D eigenvalue weighted by molar-refractivity contribution is 5.90. The Morgan fingerprint density at radius 1 is 1.23 bits per heavy atom. The predicted molar refractivity (Wildman–Crippen MR) is 78.9 cm³/mol. The Morgan fingerprint density at radius 3 is 2.27 bits per heavy atom. The van der Waals surface area contributed by atoms with Crippen molar-refractivity contribution in [1.82, 2.24) is 0 Å². The monoisotopic (exact) mass is 310 g/mol. The molecule has 11 heteroatoms. The summed E-state index contributed by atoms with van der Waals surface area (Å²) in [6.07, 6.45) is 0.559. The second-order valence-electron chi connectivity index (χ2n) is 4.30. The van der Waals surface area contributed by atoms with Gasteiger partial charge < -0.3 is 16.2 Å². The minimum Gasteiger partial charge on any atom is -0.484 e. The Hall–Kier alpha value is -3.24. The van der Waals surface area contributed by atoms with E-state index >= 15 is 0 Å². The molecule has 0 saturated carbocycles. The van der Waals surface area contributed by atoms with Crippen LogP contribution in [0.4, 0.5) is 11.4 Å². The van der Waals surface area contributed by atoms with Crippen molar-refractivity contribution in [3.8, 4) is 5.75 Å². The molecule has 1 rings (SSSR count). The van der Waals surface area contributed by atoms with Crippen LogP contribution in [0.15, 0.2) is 22.3 Å². The maximum Gasteiger partial charge on any atom is 0.388 e. The molecular weight excluding hydrogens is 296 g/mol. The van der Waals surface area contributed by atoms with Gasteiger partial charge in [-0.25, -0.2) is 0 Å². The van der Waals surface area contributed by atoms with Crippen molar-refractivity contribution >= 4 is 23.5 Å². The summed E-state index contributed by atoms with van der Waals surface area (Å²) in [5.41, 5.74) is 8.49. The summed E-state index contributed by atoms with van der Waals surface area (Å²) in [6.45, 7) is 3.29. The SMILES string of the molecule is CC(C)Oc1ccc(C=NN=C(N)N)c([N+](=O)[O-])c1[N+](=O)[O-]. The lowest BCUT2D eigenvalue weighted by Gasteiger charge is -2.10. The third kappa shape index (κ3) is 4.13. The van der Waals surface area contributed by atoms with E-state index in [-0.39, 0.29) is 23.4 Å². The standard InChI is InChI=1S/C11H14N6O5/c1-6(2)22-8-4-3-7(5-14-15-11(12)13)9(16(18)19)10(8)17(20)21/h3-6H,1-2H3,(H4,12,13,15). The summed E-state index contributed by atoms with van der Waals surface area (Å²) in [7, 11) is 0. The van der Waals surface area contributed by atoms with Gasteiger partial charge >= 0.3 is 11.4 Å². The first-order valence-corrected chi connectivity index (χ1v) is 5.98. The Bertz CT molecular complexity index is 651. The minimum absolute atomic E-state index is 0.127. The Labute approximate surface area is 124 Å². The molecule has 0 aliphatic carbocycles. The molecule has 1 aromatic carbocycles. The fourth-order valence-corrected chi connectivity index (χ4v) is 1.56. The molecule has 0 heterocycles. The van der Waals surface area contributed by atoms with E-state index in [1.165, 1.54) is 12.1 Å². The summed E-state index contributed by atoms with van der Waals surface area (Å²) < 4.78 is 5.24. The highest BCUT2D eigenvalue weighted by atomic mass is 16.6. The van der Waals surface area contributed by atoms with Gasteiger partial charge in [-0.15, -0.1) is 5.10 Å². The minimum atomic E-state index is -0.887. The van der Waals surface area contributed by atoms with Gasteiger partial charge in [0.05, 0.1) is 27.7 Å². The third-order valence-electron chi connectivity index (χ3n) is 2.24. The summed E-state index contributed by atoms with van der Waals surface area (Å²) in [6, 6.07) is 2.51. The first-order chi connectivity index (χ1) is 10.2. The number of ether oxygens (including phenoxy) is 1. The van der Waals surface area contributed by atoms with Crippen molar-refractivity contribution in [2.24, 2.45) is 21.7 Å². The third-order valence-corrected chi connectivity index (χ3v) is 2.24. The second-order valence-corrected chi connectivity index (χ2v) is 4.30. The molecule has 11 nitrogen and oxygen atoms in total. The zero-order valence-corrected chi connectivity index (χ0v) is 11.8. The van der Waals surface area contributed by atoms with Crippen molar-refractivity contribution in [1.29, 1.82) is 0 Å². The van der Waals surface area contributed by atoms with Crippen LogP contribution in [0.5, 0.6) is 5.75 Å². The summed E-state index contributed by atoms with van der Waals surface area (Å²) >= 11 is 0. The zero-order valence-electron chi connectivity index (χ0n) is 11.8. The van der Waals surface area contributed by atoms with E-state index in [2.05, 4.69) is 10.2 Å². The van der Waals surface area contributed by atoms with Crippen molar-refractivity contribution in [3.63, 3.8) is 0 Å². The molecule has 118 valence electrons. The molecule has 0 amide bonds. The summed E-state index contributed by atoms with van der Waals surface area (Å²) in [5, 5.41) is 29.1. The lowest BCUT2D eigenvalue weighted by Crippen LogP contribution is -2.21. The van der Waals surface area contributed by atoms with Crippen LogP contribution in [0.2, 0.25) is 0 Å². The largest absolute Gasteiger partial charge is 0.484 e. The molecule has 0 spiro atoms. The first-order valence-electron chi connectivity index (χ1n) is 5.98. The number of nitro benzene ring substituents is 2. The van der Waals surface area contributed by atoms with Crippen LogP contribution in [0.25, 0.3) is 0 Å². The molecule has 1 aromatic rings. The molecule has 0 fully saturated rings. The van der Waals surface area contributed by atoms with E-state index < -0.39 is 21.2 Å². The molecular formula is C11H14N6O5. The van der Waals surface area contributed by atoms with Crippen LogP contribution in [-0.4, -0.2) is 28.1 Å². The van der Waals surface area contributed by atoms with E-state index in [0.717, 1.165) is 6.21 Å². The van der Waals surface area contributed by atoms with Crippen LogP contribution in [0.1, 0.15) is 19.4 Å². The predicted octanol–water partition coefficient (Wildman–Crippen LogP) is 0.898. The number of guanidine groups is 1. The molecule has 0 unspecified atom stereocenters. The van der Waals surface area contributed by atoms with E-state index in [1.54, 1.807) is 13.8 Å².